The van der Waals surface area contributed by atoms with Crippen molar-refractivity contribution in [1.82, 2.24) is 20.8 Å². The SMILES string of the molecule is C=C(C)[C@@H]1CC[C@]2(/C=N/NC(=O)c3ccncc3)CC[C@]3(C)[C@H](CC[C@@H]4[C@@]5(C)CC/C(=N\NC(=O)c6ccncc6)C(C)(C)[C@@H]5CC[C@]43C)[C@@H]12. The molecule has 2 N–H and O–H groups in total. The number of hydrazone groups is 2. The molecule has 2 aromatic heterocycles. The molecule has 2 heterocycles. The summed E-state index contributed by atoms with van der Waals surface area (Å²) in [4.78, 5) is 33.8. The van der Waals surface area contributed by atoms with E-state index in [-0.39, 0.29) is 38.9 Å². The normalized spacial score (nSPS) is 39.5. The maximum absolute atomic E-state index is 12.9. The van der Waals surface area contributed by atoms with Crippen molar-refractivity contribution in [3.8, 4) is 0 Å². The number of rotatable bonds is 6. The predicted octanol–water partition coefficient (Wildman–Crippen LogP) is 8.64. The molecule has 0 bridgehead atoms. The lowest BCUT2D eigenvalue weighted by Crippen LogP contribution is -2.66. The largest absolute Gasteiger partial charge is 0.271 e. The molecule has 2 aromatic rings. The summed E-state index contributed by atoms with van der Waals surface area (Å²) in [7, 11) is 0. The summed E-state index contributed by atoms with van der Waals surface area (Å²) in [6.07, 6.45) is 20.1. The van der Waals surface area contributed by atoms with Crippen LogP contribution in [0.15, 0.2) is 71.4 Å². The van der Waals surface area contributed by atoms with Crippen molar-refractivity contribution in [3.05, 3.63) is 72.3 Å². The number of carbonyl (C=O) groups excluding carboxylic acids is 2. The summed E-state index contributed by atoms with van der Waals surface area (Å²) >= 11 is 0. The molecule has 5 aliphatic rings. The van der Waals surface area contributed by atoms with Crippen LogP contribution in [0.3, 0.4) is 0 Å². The van der Waals surface area contributed by atoms with E-state index in [9.17, 15) is 9.59 Å². The summed E-state index contributed by atoms with van der Waals surface area (Å²) < 4.78 is 0. The van der Waals surface area contributed by atoms with Crippen LogP contribution in [0.2, 0.25) is 0 Å². The lowest BCUT2D eigenvalue weighted by Gasteiger charge is -2.72. The molecule has 50 heavy (non-hydrogen) atoms. The molecule has 8 heteroatoms. The zero-order valence-corrected chi connectivity index (χ0v) is 31.0. The number of hydrogen-bond donors (Lipinski definition) is 2. The molecule has 0 unspecified atom stereocenters. The number of nitrogens with one attached hydrogen (secondary N) is 2. The fraction of sp³-hybridized carbons (Fsp3) is 0.619. The van der Waals surface area contributed by atoms with Gasteiger partial charge < -0.3 is 0 Å². The van der Waals surface area contributed by atoms with E-state index in [1.54, 1.807) is 49.1 Å². The maximum atomic E-state index is 12.9. The molecule has 0 aromatic carbocycles. The van der Waals surface area contributed by atoms with E-state index in [0.717, 1.165) is 37.8 Å². The van der Waals surface area contributed by atoms with Crippen molar-refractivity contribution >= 4 is 23.7 Å². The van der Waals surface area contributed by atoms with E-state index in [2.05, 4.69) is 80.3 Å². The number of allylic oxidation sites excluding steroid dienone is 1. The molecule has 8 nitrogen and oxygen atoms in total. The lowest BCUT2D eigenvalue weighted by atomic mass is 9.32. The summed E-state index contributed by atoms with van der Waals surface area (Å²) in [6.45, 7) is 19.4. The molecule has 5 fully saturated rings. The molecular weight excluding hydrogens is 621 g/mol. The molecule has 7 rings (SSSR count). The molecule has 0 radical (unpaired) electrons. The number of amides is 2. The average molecular weight is 677 g/mol. The Morgan fingerprint density at radius 2 is 1.42 bits per heavy atom. The topological polar surface area (TPSA) is 109 Å². The van der Waals surface area contributed by atoms with Gasteiger partial charge in [0.05, 0.1) is 0 Å². The van der Waals surface area contributed by atoms with Crippen molar-refractivity contribution in [2.75, 3.05) is 0 Å². The van der Waals surface area contributed by atoms with Gasteiger partial charge in [-0.2, -0.15) is 10.2 Å². The van der Waals surface area contributed by atoms with E-state index >= 15 is 0 Å². The number of aromatic nitrogens is 2. The number of hydrogen-bond acceptors (Lipinski definition) is 6. The van der Waals surface area contributed by atoms with Crippen molar-refractivity contribution in [3.63, 3.8) is 0 Å². The summed E-state index contributed by atoms with van der Waals surface area (Å²) in [5, 5.41) is 9.48. The van der Waals surface area contributed by atoms with E-state index in [4.69, 9.17) is 5.10 Å². The van der Waals surface area contributed by atoms with Gasteiger partial charge in [0, 0.05) is 58.7 Å². The second-order valence-electron chi connectivity index (χ2n) is 17.8. The Labute approximate surface area is 298 Å². The van der Waals surface area contributed by atoms with E-state index in [1.165, 1.54) is 37.7 Å². The van der Waals surface area contributed by atoms with Gasteiger partial charge >= 0.3 is 0 Å². The van der Waals surface area contributed by atoms with Crippen LogP contribution in [0.25, 0.3) is 0 Å². The van der Waals surface area contributed by atoms with Crippen LogP contribution in [-0.2, 0) is 0 Å². The van der Waals surface area contributed by atoms with Crippen LogP contribution >= 0.6 is 0 Å². The quantitative estimate of drug-likeness (QED) is 0.181. The Hall–Kier alpha value is -3.68. The molecule has 5 saturated carbocycles. The first-order valence-electron chi connectivity index (χ1n) is 18.9. The minimum Gasteiger partial charge on any atom is -0.267 e. The van der Waals surface area contributed by atoms with Gasteiger partial charge in [-0.15, -0.1) is 0 Å². The maximum Gasteiger partial charge on any atom is 0.271 e. The van der Waals surface area contributed by atoms with E-state index in [1.807, 2.05) is 0 Å². The van der Waals surface area contributed by atoms with Crippen LogP contribution < -0.4 is 10.9 Å². The van der Waals surface area contributed by atoms with Crippen molar-refractivity contribution in [1.29, 1.82) is 0 Å². The predicted molar refractivity (Wildman–Crippen MR) is 198 cm³/mol. The fourth-order valence-corrected chi connectivity index (χ4v) is 12.9. The molecule has 266 valence electrons. The van der Waals surface area contributed by atoms with E-state index < -0.39 is 0 Å². The van der Waals surface area contributed by atoms with Crippen molar-refractivity contribution < 1.29 is 9.59 Å². The molecular formula is C42H56N6O2. The first kappa shape index (κ1) is 34.8. The van der Waals surface area contributed by atoms with Crippen molar-refractivity contribution in [2.45, 2.75) is 106 Å². The smallest absolute Gasteiger partial charge is 0.267 e. The molecule has 9 atom stereocenters. The fourth-order valence-electron chi connectivity index (χ4n) is 12.9. The minimum absolute atomic E-state index is 0.0253. The van der Waals surface area contributed by atoms with Crippen LogP contribution in [0.4, 0.5) is 0 Å². The van der Waals surface area contributed by atoms with Gasteiger partial charge in [0.25, 0.3) is 11.8 Å². The molecule has 0 saturated heterocycles. The van der Waals surface area contributed by atoms with Gasteiger partial charge in [-0.25, -0.2) is 10.9 Å². The second kappa shape index (κ2) is 12.5. The monoisotopic (exact) mass is 676 g/mol. The highest BCUT2D eigenvalue weighted by molar-refractivity contribution is 5.97. The Bertz CT molecular complexity index is 1700. The Balaban J connectivity index is 1.14. The molecule has 2 amide bonds. The Morgan fingerprint density at radius 1 is 0.780 bits per heavy atom. The Kier molecular flexibility index (Phi) is 8.70. The summed E-state index contributed by atoms with van der Waals surface area (Å²) in [5.41, 5.74) is 9.82. The number of pyridine rings is 2. The van der Waals surface area contributed by atoms with Gasteiger partial charge in [-0.05, 0) is 141 Å². The van der Waals surface area contributed by atoms with Crippen LogP contribution in [0.5, 0.6) is 0 Å². The van der Waals surface area contributed by atoms with Gasteiger partial charge in [-0.3, -0.25) is 19.6 Å². The zero-order valence-electron chi connectivity index (χ0n) is 31.0. The molecule has 5 aliphatic carbocycles. The first-order valence-corrected chi connectivity index (χ1v) is 18.9. The van der Waals surface area contributed by atoms with Gasteiger partial charge in [0.15, 0.2) is 0 Å². The summed E-state index contributed by atoms with van der Waals surface area (Å²) in [5.74, 6) is 2.31. The standard InChI is InChI=1S/C42H56N6O2/c1-27(2)30-10-19-42(26-45-47-36(49)28-13-22-43-23-14-28)21-20-40(6)31(35(30)42)8-9-33-39(5)17-12-34(38(3,4)32(39)11-18-41(33,40)7)46-48-37(50)29-15-24-44-25-16-29/h13-16,22-26,30-33,35H,1,8-12,17-21H2,2-7H3,(H,47,49)(H,48,50)/b45-26+,46-34+/t30-,31+,32-,33+,35+,39-,40+,41+,42+/m0/s1. The lowest BCUT2D eigenvalue weighted by molar-refractivity contribution is -0.222. The highest BCUT2D eigenvalue weighted by Crippen LogP contribution is 2.77. The highest BCUT2D eigenvalue weighted by atomic mass is 16.2. The second-order valence-corrected chi connectivity index (χ2v) is 17.8. The summed E-state index contributed by atoms with van der Waals surface area (Å²) in [6, 6.07) is 6.90. The molecule has 0 aliphatic heterocycles. The number of nitrogens with zero attached hydrogens (tertiary/aromatic N) is 4. The third-order valence-electron chi connectivity index (χ3n) is 15.6. The van der Waals surface area contributed by atoms with Crippen LogP contribution in [0.1, 0.15) is 126 Å². The highest BCUT2D eigenvalue weighted by Gasteiger charge is 2.70. The number of carbonyl (C=O) groups is 2. The van der Waals surface area contributed by atoms with Crippen LogP contribution in [-0.4, -0.2) is 33.7 Å². The number of fused-ring (bicyclic) bond motifs is 7. The third kappa shape index (κ3) is 5.30. The van der Waals surface area contributed by atoms with Gasteiger partial charge in [-0.1, -0.05) is 46.8 Å². The van der Waals surface area contributed by atoms with Gasteiger partial charge in [0.2, 0.25) is 0 Å². The third-order valence-corrected chi connectivity index (χ3v) is 15.6. The Morgan fingerprint density at radius 3 is 2.06 bits per heavy atom. The van der Waals surface area contributed by atoms with Crippen LogP contribution in [0, 0.1) is 56.7 Å². The average Bonchev–Trinajstić information content (AvgIpc) is 3.49. The van der Waals surface area contributed by atoms with Crippen molar-refractivity contribution in [2.24, 2.45) is 66.9 Å². The minimum atomic E-state index is -0.190. The molecule has 0 spiro atoms. The zero-order chi connectivity index (χ0) is 35.5. The first-order chi connectivity index (χ1) is 23.8. The van der Waals surface area contributed by atoms with Gasteiger partial charge in [0.1, 0.15) is 0 Å². The van der Waals surface area contributed by atoms with E-state index in [0.29, 0.717) is 40.7 Å².